The highest BCUT2D eigenvalue weighted by Gasteiger charge is 2.04. The first-order chi connectivity index (χ1) is 8.81. The van der Waals surface area contributed by atoms with Crippen molar-refractivity contribution in [2.45, 2.75) is 6.54 Å². The zero-order valence-corrected chi connectivity index (χ0v) is 10.2. The van der Waals surface area contributed by atoms with Gasteiger partial charge in [-0.25, -0.2) is 9.31 Å². The van der Waals surface area contributed by atoms with Crippen molar-refractivity contribution >= 4 is 11.5 Å². The van der Waals surface area contributed by atoms with Crippen LogP contribution in [0, 0.1) is 0 Å². The fourth-order valence-corrected chi connectivity index (χ4v) is 1.63. The van der Waals surface area contributed by atoms with Crippen molar-refractivity contribution in [3.8, 4) is 0 Å². The van der Waals surface area contributed by atoms with Gasteiger partial charge in [0.15, 0.2) is 0 Å². The van der Waals surface area contributed by atoms with Gasteiger partial charge in [-0.3, -0.25) is 0 Å². The van der Waals surface area contributed by atoms with E-state index >= 15 is 0 Å². The molecule has 6 heteroatoms. The Morgan fingerprint density at radius 2 is 2.33 bits per heavy atom. The minimum Gasteiger partial charge on any atom is -0.383 e. The Kier molecular flexibility index (Phi) is 4.14. The second-order valence-corrected chi connectivity index (χ2v) is 3.80. The van der Waals surface area contributed by atoms with Crippen molar-refractivity contribution in [1.29, 1.82) is 0 Å². The third-order valence-corrected chi connectivity index (χ3v) is 2.54. The molecule has 0 saturated heterocycles. The minimum atomic E-state index is -0.206. The normalized spacial score (nSPS) is 10.5. The largest absolute Gasteiger partial charge is 0.383 e. The Bertz CT molecular complexity index is 524. The number of rotatable bonds is 5. The van der Waals surface area contributed by atoms with E-state index in [9.17, 15) is 4.79 Å². The minimum absolute atomic E-state index is 0.206. The van der Waals surface area contributed by atoms with E-state index in [1.807, 2.05) is 24.4 Å². The summed E-state index contributed by atoms with van der Waals surface area (Å²) in [6, 6.07) is 5.61. The number of hydrogen-bond donors (Lipinski definition) is 2. The Labute approximate surface area is 105 Å². The number of pyridine rings is 1. The van der Waals surface area contributed by atoms with Gasteiger partial charge in [0.25, 0.3) is 0 Å². The summed E-state index contributed by atoms with van der Waals surface area (Å²) in [6.45, 7) is 1.45. The predicted molar refractivity (Wildman–Crippen MR) is 67.3 cm³/mol. The number of nitrogens with zero attached hydrogens (tertiary/aromatic N) is 2. The summed E-state index contributed by atoms with van der Waals surface area (Å²) in [5.74, 6) is 0. The molecule has 0 aliphatic heterocycles. The lowest BCUT2D eigenvalue weighted by Gasteiger charge is -2.06. The molecule has 2 aromatic heterocycles. The predicted octanol–water partition coefficient (Wildman–Crippen LogP) is 0.780. The highest BCUT2D eigenvalue weighted by molar-refractivity contribution is 5.74. The molecule has 0 bridgehead atoms. The Balaban J connectivity index is 1.88. The van der Waals surface area contributed by atoms with Crippen LogP contribution >= 0.6 is 0 Å². The van der Waals surface area contributed by atoms with Crippen molar-refractivity contribution in [3.05, 3.63) is 36.2 Å². The number of hydrogen-bond acceptors (Lipinski definition) is 3. The Morgan fingerprint density at radius 3 is 3.17 bits per heavy atom. The molecular formula is C12H16N4O2. The van der Waals surface area contributed by atoms with Gasteiger partial charge in [0.1, 0.15) is 0 Å². The number of aromatic nitrogens is 2. The van der Waals surface area contributed by atoms with Crippen LogP contribution in [0.25, 0.3) is 5.52 Å². The van der Waals surface area contributed by atoms with Crippen molar-refractivity contribution < 1.29 is 9.53 Å². The van der Waals surface area contributed by atoms with Gasteiger partial charge in [-0.05, 0) is 12.1 Å². The van der Waals surface area contributed by atoms with Crippen LogP contribution in [0.4, 0.5) is 4.79 Å². The first-order valence-corrected chi connectivity index (χ1v) is 5.73. The molecule has 2 N–H and O–H groups in total. The van der Waals surface area contributed by atoms with Crippen LogP contribution in [0.5, 0.6) is 0 Å². The molecule has 2 rings (SSSR count). The van der Waals surface area contributed by atoms with E-state index < -0.39 is 0 Å². The van der Waals surface area contributed by atoms with Gasteiger partial charge in [0.2, 0.25) is 0 Å². The molecule has 0 fully saturated rings. The number of fused-ring (bicyclic) bond motifs is 1. The summed E-state index contributed by atoms with van der Waals surface area (Å²) in [5, 5.41) is 9.67. The Morgan fingerprint density at radius 1 is 1.44 bits per heavy atom. The lowest BCUT2D eigenvalue weighted by atomic mass is 10.2. The van der Waals surface area contributed by atoms with E-state index in [2.05, 4.69) is 15.7 Å². The van der Waals surface area contributed by atoms with E-state index in [1.54, 1.807) is 17.8 Å². The summed E-state index contributed by atoms with van der Waals surface area (Å²) >= 11 is 0. The first-order valence-electron chi connectivity index (χ1n) is 5.73. The average molecular weight is 248 g/mol. The van der Waals surface area contributed by atoms with Gasteiger partial charge >= 0.3 is 6.03 Å². The highest BCUT2D eigenvalue weighted by atomic mass is 16.5. The summed E-state index contributed by atoms with van der Waals surface area (Å²) < 4.78 is 6.62. The topological polar surface area (TPSA) is 67.7 Å². The van der Waals surface area contributed by atoms with Gasteiger partial charge in [-0.1, -0.05) is 6.07 Å². The van der Waals surface area contributed by atoms with Crippen molar-refractivity contribution in [2.24, 2.45) is 0 Å². The number of amides is 2. The van der Waals surface area contributed by atoms with Crippen LogP contribution in [0.1, 0.15) is 5.56 Å². The maximum Gasteiger partial charge on any atom is 0.315 e. The lowest BCUT2D eigenvalue weighted by molar-refractivity contribution is 0.196. The van der Waals surface area contributed by atoms with E-state index in [1.165, 1.54) is 0 Å². The summed E-state index contributed by atoms with van der Waals surface area (Å²) in [5.41, 5.74) is 1.98. The number of methoxy groups -OCH3 is 1. The Hall–Kier alpha value is -2.08. The molecule has 2 amide bonds. The number of nitrogens with one attached hydrogen (secondary N) is 2. The fourth-order valence-electron chi connectivity index (χ4n) is 1.63. The van der Waals surface area contributed by atoms with Crippen LogP contribution in [-0.4, -0.2) is 35.9 Å². The molecule has 0 unspecified atom stereocenters. The fraction of sp³-hybridized carbons (Fsp3) is 0.333. The number of ether oxygens (including phenoxy) is 1. The maximum atomic E-state index is 11.4. The summed E-state index contributed by atoms with van der Waals surface area (Å²) in [7, 11) is 1.60. The molecule has 0 aliphatic rings. The van der Waals surface area contributed by atoms with Gasteiger partial charge in [0, 0.05) is 32.0 Å². The third-order valence-electron chi connectivity index (χ3n) is 2.54. The molecule has 96 valence electrons. The SMILES string of the molecule is COCCNC(=O)NCc1cnn2ccccc12. The van der Waals surface area contributed by atoms with Crippen LogP contribution < -0.4 is 10.6 Å². The highest BCUT2D eigenvalue weighted by Crippen LogP contribution is 2.08. The average Bonchev–Trinajstić information content (AvgIpc) is 2.80. The van der Waals surface area contributed by atoms with Gasteiger partial charge in [-0.2, -0.15) is 5.10 Å². The van der Waals surface area contributed by atoms with E-state index in [-0.39, 0.29) is 6.03 Å². The monoisotopic (exact) mass is 248 g/mol. The summed E-state index contributed by atoms with van der Waals surface area (Å²) in [4.78, 5) is 11.4. The summed E-state index contributed by atoms with van der Waals surface area (Å²) in [6.07, 6.45) is 3.63. The zero-order chi connectivity index (χ0) is 12.8. The molecule has 0 spiro atoms. The molecule has 18 heavy (non-hydrogen) atoms. The van der Waals surface area contributed by atoms with Crippen LogP contribution in [0.15, 0.2) is 30.6 Å². The van der Waals surface area contributed by atoms with Crippen molar-refractivity contribution in [3.63, 3.8) is 0 Å². The van der Waals surface area contributed by atoms with Crippen LogP contribution in [-0.2, 0) is 11.3 Å². The van der Waals surface area contributed by atoms with Gasteiger partial charge in [0.05, 0.1) is 18.3 Å². The maximum absolute atomic E-state index is 11.4. The standard InChI is InChI=1S/C12H16N4O2/c1-18-7-5-13-12(17)14-8-10-9-15-16-6-3-2-4-11(10)16/h2-4,6,9H,5,7-8H2,1H3,(H2,13,14,17). The zero-order valence-electron chi connectivity index (χ0n) is 10.2. The van der Waals surface area contributed by atoms with Gasteiger partial charge in [-0.15, -0.1) is 0 Å². The number of carbonyl (C=O) groups is 1. The first kappa shape index (κ1) is 12.4. The van der Waals surface area contributed by atoms with Crippen molar-refractivity contribution in [1.82, 2.24) is 20.2 Å². The lowest BCUT2D eigenvalue weighted by Crippen LogP contribution is -2.36. The number of carbonyl (C=O) groups excluding carboxylic acids is 1. The molecule has 0 radical (unpaired) electrons. The number of urea groups is 1. The molecule has 0 aliphatic carbocycles. The van der Waals surface area contributed by atoms with E-state index in [4.69, 9.17) is 4.74 Å². The second kappa shape index (κ2) is 6.02. The smallest absolute Gasteiger partial charge is 0.315 e. The van der Waals surface area contributed by atoms with Crippen LogP contribution in [0.3, 0.4) is 0 Å². The molecule has 0 aromatic carbocycles. The third kappa shape index (κ3) is 2.98. The molecule has 2 aromatic rings. The van der Waals surface area contributed by atoms with E-state index in [0.29, 0.717) is 19.7 Å². The van der Waals surface area contributed by atoms with Crippen LogP contribution in [0.2, 0.25) is 0 Å². The second-order valence-electron chi connectivity index (χ2n) is 3.80. The van der Waals surface area contributed by atoms with Gasteiger partial charge < -0.3 is 15.4 Å². The quantitative estimate of drug-likeness (QED) is 0.768. The molecular weight excluding hydrogens is 232 g/mol. The molecule has 2 heterocycles. The molecule has 6 nitrogen and oxygen atoms in total. The molecule has 0 atom stereocenters. The van der Waals surface area contributed by atoms with E-state index in [0.717, 1.165) is 11.1 Å². The molecule has 0 saturated carbocycles. The van der Waals surface area contributed by atoms with Crippen molar-refractivity contribution in [2.75, 3.05) is 20.3 Å².